The molecule has 0 atom stereocenters. The van der Waals surface area contributed by atoms with Gasteiger partial charge >= 0.3 is 0 Å². The molecule has 0 heterocycles. The van der Waals surface area contributed by atoms with Gasteiger partial charge in [-0.25, -0.2) is 8.42 Å². The number of carbonyl (C=O) groups is 1. The minimum Gasteiger partial charge on any atom is -0.355 e. The first-order valence-electron chi connectivity index (χ1n) is 9.86. The minimum absolute atomic E-state index is 0.128. The topological polar surface area (TPSA) is 66.5 Å². The fourth-order valence-corrected chi connectivity index (χ4v) is 4.46. The average molecular weight is 423 g/mol. The van der Waals surface area contributed by atoms with Gasteiger partial charge in [0.2, 0.25) is 15.9 Å². The Hall–Kier alpha value is -2.96. The summed E-state index contributed by atoms with van der Waals surface area (Å²) in [7, 11) is -3.82. The number of amides is 1. The van der Waals surface area contributed by atoms with Crippen LogP contribution in [0.1, 0.15) is 16.7 Å². The van der Waals surface area contributed by atoms with Gasteiger partial charge in [-0.15, -0.1) is 0 Å². The standard InChI is InChI=1S/C24H26N2O3S/c1-20-12-14-23(15-13-20)30(28,29)26(18-22-10-6-3-7-11-22)19-24(27)25-17-16-21-8-4-2-5-9-21/h2-15H,16-19H2,1H3,(H,25,27). The SMILES string of the molecule is Cc1ccc(S(=O)(=O)N(CC(=O)NCCc2ccccc2)Cc2ccccc2)cc1. The highest BCUT2D eigenvalue weighted by atomic mass is 32.2. The molecule has 156 valence electrons. The lowest BCUT2D eigenvalue weighted by Gasteiger charge is -2.22. The molecule has 5 nitrogen and oxygen atoms in total. The summed E-state index contributed by atoms with van der Waals surface area (Å²) in [5.41, 5.74) is 2.92. The fraction of sp³-hybridized carbons (Fsp3) is 0.208. The van der Waals surface area contributed by atoms with Crippen molar-refractivity contribution in [1.29, 1.82) is 0 Å². The van der Waals surface area contributed by atoms with Crippen molar-refractivity contribution in [1.82, 2.24) is 9.62 Å². The lowest BCUT2D eigenvalue weighted by atomic mass is 10.1. The van der Waals surface area contributed by atoms with Gasteiger partial charge in [0.15, 0.2) is 0 Å². The summed E-state index contributed by atoms with van der Waals surface area (Å²) in [5.74, 6) is -0.322. The second-order valence-corrected chi connectivity index (χ2v) is 9.10. The van der Waals surface area contributed by atoms with E-state index in [1.807, 2.05) is 67.6 Å². The minimum atomic E-state index is -3.82. The lowest BCUT2D eigenvalue weighted by Crippen LogP contribution is -2.40. The summed E-state index contributed by atoms with van der Waals surface area (Å²) in [5, 5.41) is 2.84. The first-order chi connectivity index (χ1) is 14.4. The van der Waals surface area contributed by atoms with Gasteiger partial charge in [-0.2, -0.15) is 4.31 Å². The Morgan fingerprint density at radius 2 is 1.40 bits per heavy atom. The smallest absolute Gasteiger partial charge is 0.243 e. The Labute approximate surface area is 178 Å². The Bertz CT molecular complexity index is 1050. The fourth-order valence-electron chi connectivity index (χ4n) is 3.08. The highest BCUT2D eigenvalue weighted by Gasteiger charge is 2.26. The van der Waals surface area contributed by atoms with E-state index in [4.69, 9.17) is 0 Å². The molecule has 30 heavy (non-hydrogen) atoms. The van der Waals surface area contributed by atoms with Gasteiger partial charge in [-0.05, 0) is 36.6 Å². The molecule has 0 aliphatic carbocycles. The summed E-state index contributed by atoms with van der Waals surface area (Å²) in [6.45, 7) is 2.24. The average Bonchev–Trinajstić information content (AvgIpc) is 2.75. The molecule has 0 aliphatic rings. The molecule has 3 aromatic rings. The van der Waals surface area contributed by atoms with Gasteiger partial charge in [-0.1, -0.05) is 78.4 Å². The maximum Gasteiger partial charge on any atom is 0.243 e. The quantitative estimate of drug-likeness (QED) is 0.574. The molecule has 3 aromatic carbocycles. The summed E-state index contributed by atoms with van der Waals surface area (Å²) in [4.78, 5) is 12.7. The molecule has 3 rings (SSSR count). The number of rotatable bonds is 9. The monoisotopic (exact) mass is 422 g/mol. The number of nitrogens with zero attached hydrogens (tertiary/aromatic N) is 1. The molecule has 1 amide bonds. The van der Waals surface area contributed by atoms with Gasteiger partial charge in [0.25, 0.3) is 0 Å². The Balaban J connectivity index is 1.72. The number of aryl methyl sites for hydroxylation is 1. The van der Waals surface area contributed by atoms with Gasteiger partial charge in [0.05, 0.1) is 11.4 Å². The van der Waals surface area contributed by atoms with Gasteiger partial charge in [0.1, 0.15) is 0 Å². The lowest BCUT2D eigenvalue weighted by molar-refractivity contribution is -0.121. The molecule has 0 fully saturated rings. The number of hydrogen-bond acceptors (Lipinski definition) is 3. The first-order valence-corrected chi connectivity index (χ1v) is 11.3. The normalized spacial score (nSPS) is 11.4. The van der Waals surface area contributed by atoms with Crippen LogP contribution in [0.3, 0.4) is 0 Å². The zero-order valence-corrected chi connectivity index (χ0v) is 17.8. The molecule has 1 N–H and O–H groups in total. The van der Waals surface area contributed by atoms with Gasteiger partial charge < -0.3 is 5.32 Å². The second-order valence-electron chi connectivity index (χ2n) is 7.16. The van der Waals surface area contributed by atoms with Gasteiger partial charge in [-0.3, -0.25) is 4.79 Å². The van der Waals surface area contributed by atoms with Crippen LogP contribution in [0.4, 0.5) is 0 Å². The van der Waals surface area contributed by atoms with Crippen molar-refractivity contribution >= 4 is 15.9 Å². The molecule has 0 unspecified atom stereocenters. The molecule has 0 radical (unpaired) electrons. The van der Waals surface area contributed by atoms with Crippen molar-refractivity contribution < 1.29 is 13.2 Å². The van der Waals surface area contributed by atoms with Crippen molar-refractivity contribution in [3.05, 3.63) is 102 Å². The molecule has 6 heteroatoms. The molecular formula is C24H26N2O3S. The van der Waals surface area contributed by atoms with Crippen molar-refractivity contribution in [3.63, 3.8) is 0 Å². The van der Waals surface area contributed by atoms with E-state index in [1.165, 1.54) is 4.31 Å². The summed E-state index contributed by atoms with van der Waals surface area (Å²) in [6, 6.07) is 25.8. The maximum absolute atomic E-state index is 13.2. The number of carbonyl (C=O) groups excluding carboxylic acids is 1. The molecule has 0 spiro atoms. The second kappa shape index (κ2) is 10.2. The highest BCUT2D eigenvalue weighted by molar-refractivity contribution is 7.89. The van der Waals surface area contributed by atoms with Crippen LogP contribution in [0.5, 0.6) is 0 Å². The van der Waals surface area contributed by atoms with E-state index in [-0.39, 0.29) is 23.9 Å². The summed E-state index contributed by atoms with van der Waals surface area (Å²) < 4.78 is 27.7. The third-order valence-electron chi connectivity index (χ3n) is 4.76. The van der Waals surface area contributed by atoms with E-state index in [0.29, 0.717) is 13.0 Å². The van der Waals surface area contributed by atoms with Gasteiger partial charge in [0, 0.05) is 13.1 Å². The molecular weight excluding hydrogens is 396 g/mol. The van der Waals surface area contributed by atoms with Crippen LogP contribution in [0, 0.1) is 6.92 Å². The van der Waals surface area contributed by atoms with Crippen molar-refractivity contribution in [3.8, 4) is 0 Å². The number of benzene rings is 3. The van der Waals surface area contributed by atoms with Crippen LogP contribution in [0.15, 0.2) is 89.8 Å². The van der Waals surface area contributed by atoms with E-state index >= 15 is 0 Å². The first kappa shape index (κ1) is 21.7. The zero-order chi connectivity index (χ0) is 21.4. The van der Waals surface area contributed by atoms with Crippen molar-refractivity contribution in [2.75, 3.05) is 13.1 Å². The van der Waals surface area contributed by atoms with Crippen LogP contribution in [-0.4, -0.2) is 31.7 Å². The van der Waals surface area contributed by atoms with E-state index in [0.717, 1.165) is 16.7 Å². The van der Waals surface area contributed by atoms with E-state index in [1.54, 1.807) is 24.3 Å². The summed E-state index contributed by atoms with van der Waals surface area (Å²) in [6.07, 6.45) is 0.690. The third kappa shape index (κ3) is 6.02. The molecule has 0 aromatic heterocycles. The predicted molar refractivity (Wildman–Crippen MR) is 118 cm³/mol. The Kier molecular flexibility index (Phi) is 7.38. The molecule has 0 saturated carbocycles. The van der Waals surface area contributed by atoms with Crippen molar-refractivity contribution in [2.45, 2.75) is 24.8 Å². The van der Waals surface area contributed by atoms with Crippen molar-refractivity contribution in [2.24, 2.45) is 0 Å². The highest BCUT2D eigenvalue weighted by Crippen LogP contribution is 2.19. The zero-order valence-electron chi connectivity index (χ0n) is 17.0. The maximum atomic E-state index is 13.2. The van der Waals surface area contributed by atoms with E-state index in [2.05, 4.69) is 5.32 Å². The summed E-state index contributed by atoms with van der Waals surface area (Å²) >= 11 is 0. The van der Waals surface area contributed by atoms with E-state index < -0.39 is 10.0 Å². The Morgan fingerprint density at radius 3 is 2.00 bits per heavy atom. The Morgan fingerprint density at radius 1 is 0.833 bits per heavy atom. The van der Waals surface area contributed by atoms with Crippen LogP contribution in [0.2, 0.25) is 0 Å². The molecule has 0 bridgehead atoms. The third-order valence-corrected chi connectivity index (χ3v) is 6.57. The van der Waals surface area contributed by atoms with E-state index in [9.17, 15) is 13.2 Å². The van der Waals surface area contributed by atoms with Crippen LogP contribution >= 0.6 is 0 Å². The number of nitrogens with one attached hydrogen (secondary N) is 1. The van der Waals surface area contributed by atoms with Crippen LogP contribution < -0.4 is 5.32 Å². The van der Waals surface area contributed by atoms with Crippen LogP contribution in [-0.2, 0) is 27.8 Å². The molecule has 0 saturated heterocycles. The largest absolute Gasteiger partial charge is 0.355 e. The number of hydrogen-bond donors (Lipinski definition) is 1. The molecule has 0 aliphatic heterocycles. The predicted octanol–water partition coefficient (Wildman–Crippen LogP) is 3.54. The number of sulfonamides is 1. The van der Waals surface area contributed by atoms with Crippen LogP contribution in [0.25, 0.3) is 0 Å².